The molecule has 0 unspecified atom stereocenters. The number of benzene rings is 3. The van der Waals surface area contributed by atoms with Gasteiger partial charge in [0.2, 0.25) is 0 Å². The van der Waals surface area contributed by atoms with Crippen molar-refractivity contribution < 1.29 is 9.59 Å². The third-order valence-electron chi connectivity index (χ3n) is 4.65. The predicted octanol–water partition coefficient (Wildman–Crippen LogP) is 4.99. The van der Waals surface area contributed by atoms with E-state index < -0.39 is 0 Å². The van der Waals surface area contributed by atoms with Gasteiger partial charge in [-0.15, -0.1) is 0 Å². The van der Waals surface area contributed by atoms with Gasteiger partial charge in [0.15, 0.2) is 0 Å². The normalized spacial score (nSPS) is 11.1. The van der Waals surface area contributed by atoms with E-state index in [4.69, 9.17) is 0 Å². The van der Waals surface area contributed by atoms with Crippen molar-refractivity contribution in [3.05, 3.63) is 101 Å². The Bertz CT molecular complexity index is 1040. The summed E-state index contributed by atoms with van der Waals surface area (Å²) in [5.41, 5.74) is 7.40. The van der Waals surface area contributed by atoms with Crippen molar-refractivity contribution >= 4 is 23.2 Å². The van der Waals surface area contributed by atoms with Gasteiger partial charge >= 0.3 is 0 Å². The van der Waals surface area contributed by atoms with E-state index in [-0.39, 0.29) is 11.8 Å². The van der Waals surface area contributed by atoms with Crippen LogP contribution in [0.15, 0.2) is 84.0 Å². The number of hydrogen-bond donors (Lipinski definition) is 2. The van der Waals surface area contributed by atoms with Crippen LogP contribution in [-0.4, -0.2) is 17.5 Å². The molecular formula is C25H25N3O2. The smallest absolute Gasteiger partial charge is 0.271 e. The van der Waals surface area contributed by atoms with Gasteiger partial charge in [-0.05, 0) is 68.7 Å². The monoisotopic (exact) mass is 399 g/mol. The van der Waals surface area contributed by atoms with E-state index in [0.717, 1.165) is 24.1 Å². The zero-order valence-electron chi connectivity index (χ0n) is 17.2. The lowest BCUT2D eigenvalue weighted by Gasteiger charge is -2.07. The fourth-order valence-electron chi connectivity index (χ4n) is 2.93. The van der Waals surface area contributed by atoms with E-state index in [1.54, 1.807) is 30.3 Å². The van der Waals surface area contributed by atoms with Crippen LogP contribution in [0.25, 0.3) is 0 Å². The second-order valence-electron chi connectivity index (χ2n) is 7.17. The zero-order chi connectivity index (χ0) is 21.3. The molecule has 2 amide bonds. The molecule has 5 heteroatoms. The molecule has 0 heterocycles. The first-order valence-electron chi connectivity index (χ1n) is 9.87. The highest BCUT2D eigenvalue weighted by Gasteiger charge is 2.08. The molecule has 3 aromatic rings. The van der Waals surface area contributed by atoms with Crippen molar-refractivity contribution in [1.82, 2.24) is 5.43 Å². The van der Waals surface area contributed by atoms with Crippen LogP contribution >= 0.6 is 0 Å². The van der Waals surface area contributed by atoms with E-state index in [1.807, 2.05) is 50.2 Å². The number of anilines is 1. The number of nitrogens with zero attached hydrogens (tertiary/aromatic N) is 1. The molecule has 0 atom stereocenters. The molecule has 0 aromatic heterocycles. The highest BCUT2D eigenvalue weighted by atomic mass is 16.2. The first-order valence-corrected chi connectivity index (χ1v) is 9.87. The molecule has 0 aliphatic heterocycles. The molecule has 152 valence electrons. The molecule has 0 aliphatic rings. The average molecular weight is 399 g/mol. The molecular weight excluding hydrogens is 374 g/mol. The first-order chi connectivity index (χ1) is 14.5. The second-order valence-corrected chi connectivity index (χ2v) is 7.17. The van der Waals surface area contributed by atoms with E-state index in [1.165, 1.54) is 5.56 Å². The Hall–Kier alpha value is -3.73. The topological polar surface area (TPSA) is 70.6 Å². The highest BCUT2D eigenvalue weighted by Crippen LogP contribution is 2.12. The Morgan fingerprint density at radius 2 is 1.57 bits per heavy atom. The van der Waals surface area contributed by atoms with Crippen LogP contribution in [-0.2, 0) is 6.42 Å². The third-order valence-corrected chi connectivity index (χ3v) is 4.65. The molecule has 0 fully saturated rings. The average Bonchev–Trinajstić information content (AvgIpc) is 2.77. The van der Waals surface area contributed by atoms with Crippen molar-refractivity contribution in [3.63, 3.8) is 0 Å². The lowest BCUT2D eigenvalue weighted by atomic mass is 10.1. The Labute approximate surface area is 176 Å². The van der Waals surface area contributed by atoms with Gasteiger partial charge in [-0.25, -0.2) is 5.43 Å². The standard InChI is InChI=1S/C25H25N3O2/c1-18-7-6-10-22(17-18)24(29)26-23-15-13-21(14-16-23)25(30)28-27-19(2)11-12-20-8-4-3-5-9-20/h3-10,13-17H,11-12H2,1-2H3,(H,26,29)(H,28,30)/b27-19-. The van der Waals surface area contributed by atoms with Crippen molar-refractivity contribution in [1.29, 1.82) is 0 Å². The molecule has 0 saturated carbocycles. The zero-order valence-corrected chi connectivity index (χ0v) is 17.2. The van der Waals surface area contributed by atoms with Crippen molar-refractivity contribution in [3.8, 4) is 0 Å². The molecule has 0 spiro atoms. The maximum Gasteiger partial charge on any atom is 0.271 e. The quantitative estimate of drug-likeness (QED) is 0.434. The van der Waals surface area contributed by atoms with Gasteiger partial charge in [-0.1, -0.05) is 48.0 Å². The van der Waals surface area contributed by atoms with Gasteiger partial charge < -0.3 is 5.32 Å². The van der Waals surface area contributed by atoms with Gasteiger partial charge in [0, 0.05) is 22.5 Å². The first kappa shape index (κ1) is 21.0. The van der Waals surface area contributed by atoms with Crippen molar-refractivity contribution in [2.75, 3.05) is 5.32 Å². The lowest BCUT2D eigenvalue weighted by molar-refractivity contribution is 0.0954. The SMILES string of the molecule is C/C(CCc1ccccc1)=N/NC(=O)c1ccc(NC(=O)c2cccc(C)c2)cc1. The molecule has 30 heavy (non-hydrogen) atoms. The van der Waals surface area contributed by atoms with Crippen molar-refractivity contribution in [2.24, 2.45) is 5.10 Å². The second kappa shape index (κ2) is 10.2. The number of nitrogens with one attached hydrogen (secondary N) is 2. The Kier molecular flexibility index (Phi) is 7.11. The van der Waals surface area contributed by atoms with Crippen LogP contribution in [0.1, 0.15) is 45.2 Å². The van der Waals surface area contributed by atoms with E-state index in [2.05, 4.69) is 28.0 Å². The van der Waals surface area contributed by atoms with Gasteiger partial charge in [-0.2, -0.15) is 5.10 Å². The fraction of sp³-hybridized carbons (Fsp3) is 0.160. The Balaban J connectivity index is 1.52. The van der Waals surface area contributed by atoms with Crippen LogP contribution in [0.4, 0.5) is 5.69 Å². The van der Waals surface area contributed by atoms with Crippen LogP contribution in [0.2, 0.25) is 0 Å². The maximum atomic E-state index is 12.3. The minimum Gasteiger partial charge on any atom is -0.322 e. The van der Waals surface area contributed by atoms with Crippen LogP contribution < -0.4 is 10.7 Å². The number of carbonyl (C=O) groups is 2. The molecule has 5 nitrogen and oxygen atoms in total. The molecule has 0 saturated heterocycles. The minimum absolute atomic E-state index is 0.186. The largest absolute Gasteiger partial charge is 0.322 e. The predicted molar refractivity (Wildman–Crippen MR) is 121 cm³/mol. The van der Waals surface area contributed by atoms with Gasteiger partial charge in [0.05, 0.1) is 0 Å². The summed E-state index contributed by atoms with van der Waals surface area (Å²) in [5, 5.41) is 7.02. The summed E-state index contributed by atoms with van der Waals surface area (Å²) in [4.78, 5) is 24.6. The van der Waals surface area contributed by atoms with E-state index >= 15 is 0 Å². The fourth-order valence-corrected chi connectivity index (χ4v) is 2.93. The summed E-state index contributed by atoms with van der Waals surface area (Å²) in [7, 11) is 0. The third kappa shape index (κ3) is 6.14. The molecule has 2 N–H and O–H groups in total. The molecule has 0 radical (unpaired) electrons. The molecule has 0 aliphatic carbocycles. The summed E-state index contributed by atoms with van der Waals surface area (Å²) < 4.78 is 0. The van der Waals surface area contributed by atoms with Crippen LogP contribution in [0, 0.1) is 6.92 Å². The summed E-state index contributed by atoms with van der Waals surface area (Å²) in [6, 6.07) is 24.3. The Morgan fingerprint density at radius 1 is 0.833 bits per heavy atom. The maximum absolute atomic E-state index is 12.3. The van der Waals surface area contributed by atoms with Crippen molar-refractivity contribution in [2.45, 2.75) is 26.7 Å². The van der Waals surface area contributed by atoms with Gasteiger partial charge in [0.1, 0.15) is 0 Å². The highest BCUT2D eigenvalue weighted by molar-refractivity contribution is 6.04. The molecule has 3 rings (SSSR count). The minimum atomic E-state index is -0.286. The van der Waals surface area contributed by atoms with E-state index in [0.29, 0.717) is 16.8 Å². The van der Waals surface area contributed by atoms with E-state index in [9.17, 15) is 9.59 Å². The summed E-state index contributed by atoms with van der Waals surface area (Å²) in [6.45, 7) is 3.84. The summed E-state index contributed by atoms with van der Waals surface area (Å²) in [6.07, 6.45) is 1.65. The van der Waals surface area contributed by atoms with Gasteiger partial charge in [-0.3, -0.25) is 9.59 Å². The van der Waals surface area contributed by atoms with Gasteiger partial charge in [0.25, 0.3) is 11.8 Å². The van der Waals surface area contributed by atoms with Crippen LogP contribution in [0.5, 0.6) is 0 Å². The van der Waals surface area contributed by atoms with Crippen LogP contribution in [0.3, 0.4) is 0 Å². The molecule has 3 aromatic carbocycles. The Morgan fingerprint density at radius 3 is 2.27 bits per heavy atom. The number of hydrazone groups is 1. The number of amides is 2. The molecule has 0 bridgehead atoms. The number of rotatable bonds is 7. The number of hydrogen-bond acceptors (Lipinski definition) is 3. The summed E-state index contributed by atoms with van der Waals surface area (Å²) in [5.74, 6) is -0.472. The number of carbonyl (C=O) groups excluding carboxylic acids is 2. The lowest BCUT2D eigenvalue weighted by Crippen LogP contribution is -2.19. The number of aryl methyl sites for hydroxylation is 2. The summed E-state index contributed by atoms with van der Waals surface area (Å²) >= 11 is 0.